The van der Waals surface area contributed by atoms with E-state index in [9.17, 15) is 4.79 Å². The lowest BCUT2D eigenvalue weighted by molar-refractivity contribution is 0.104. The van der Waals surface area contributed by atoms with E-state index < -0.39 is 0 Å². The molecular formula is C22H23NO. The maximum Gasteiger partial charge on any atom is 0.185 e. The van der Waals surface area contributed by atoms with Gasteiger partial charge in [-0.3, -0.25) is 4.79 Å². The summed E-state index contributed by atoms with van der Waals surface area (Å²) < 4.78 is 0. The first-order valence-corrected chi connectivity index (χ1v) is 8.99. The Morgan fingerprint density at radius 3 is 2.42 bits per heavy atom. The number of carbonyl (C=O) groups is 1. The number of hydrogen-bond donors (Lipinski definition) is 0. The Morgan fingerprint density at radius 1 is 0.875 bits per heavy atom. The van der Waals surface area contributed by atoms with Gasteiger partial charge in [0.15, 0.2) is 5.78 Å². The van der Waals surface area contributed by atoms with Gasteiger partial charge in [0.2, 0.25) is 0 Å². The number of ketones is 1. The number of carbonyl (C=O) groups excluding carboxylic acids is 1. The van der Waals surface area contributed by atoms with Gasteiger partial charge in [-0.2, -0.15) is 0 Å². The summed E-state index contributed by atoms with van der Waals surface area (Å²) in [4.78, 5) is 14.8. The second-order valence-electron chi connectivity index (χ2n) is 6.82. The van der Waals surface area contributed by atoms with E-state index in [-0.39, 0.29) is 5.78 Å². The van der Waals surface area contributed by atoms with E-state index >= 15 is 0 Å². The van der Waals surface area contributed by atoms with Gasteiger partial charge < -0.3 is 4.90 Å². The quantitative estimate of drug-likeness (QED) is 0.603. The molecular weight excluding hydrogens is 294 g/mol. The molecule has 0 bridgehead atoms. The predicted octanol–water partition coefficient (Wildman–Crippen LogP) is 4.67. The zero-order chi connectivity index (χ0) is 16.4. The maximum atomic E-state index is 12.4. The van der Waals surface area contributed by atoms with E-state index in [4.69, 9.17) is 0 Å². The normalized spacial score (nSPS) is 16.8. The van der Waals surface area contributed by atoms with Crippen molar-refractivity contribution in [3.8, 4) is 0 Å². The lowest BCUT2D eigenvalue weighted by atomic mass is 10.0. The minimum atomic E-state index is 0.0910. The van der Waals surface area contributed by atoms with Crippen LogP contribution in [-0.4, -0.2) is 18.9 Å². The molecule has 1 aliphatic carbocycles. The van der Waals surface area contributed by atoms with E-state index in [1.807, 2.05) is 12.1 Å². The van der Waals surface area contributed by atoms with E-state index in [0.29, 0.717) is 0 Å². The standard InChI is InChI=1S/C22H23NO/c24-22(20-10-9-18-4-3-5-19(18)16-20)13-8-17-6-11-21(12-7-17)23-14-1-2-15-23/h6-13,16H,1-5,14-15H2/b13-8+. The summed E-state index contributed by atoms with van der Waals surface area (Å²) in [6.07, 6.45) is 9.67. The van der Waals surface area contributed by atoms with Crippen molar-refractivity contribution in [1.29, 1.82) is 0 Å². The monoisotopic (exact) mass is 317 g/mol. The van der Waals surface area contributed by atoms with Crippen molar-refractivity contribution in [2.24, 2.45) is 0 Å². The second kappa shape index (κ2) is 6.64. The molecule has 0 unspecified atom stereocenters. The molecule has 0 radical (unpaired) electrons. The largest absolute Gasteiger partial charge is 0.372 e. The number of nitrogens with zero attached hydrogens (tertiary/aromatic N) is 1. The number of anilines is 1. The van der Waals surface area contributed by atoms with Crippen LogP contribution in [0.25, 0.3) is 6.08 Å². The van der Waals surface area contributed by atoms with Crippen LogP contribution in [0, 0.1) is 0 Å². The number of rotatable bonds is 4. The second-order valence-corrected chi connectivity index (χ2v) is 6.82. The molecule has 24 heavy (non-hydrogen) atoms. The number of fused-ring (bicyclic) bond motifs is 1. The fourth-order valence-corrected chi connectivity index (χ4v) is 3.76. The molecule has 2 aliphatic rings. The molecule has 2 aromatic carbocycles. The summed E-state index contributed by atoms with van der Waals surface area (Å²) >= 11 is 0. The molecule has 1 fully saturated rings. The average molecular weight is 317 g/mol. The van der Waals surface area contributed by atoms with Crippen molar-refractivity contribution in [3.05, 3.63) is 70.8 Å². The Balaban J connectivity index is 1.45. The summed E-state index contributed by atoms with van der Waals surface area (Å²) in [7, 11) is 0. The molecule has 0 atom stereocenters. The molecule has 0 spiro atoms. The Morgan fingerprint density at radius 2 is 1.62 bits per heavy atom. The Hall–Kier alpha value is -2.35. The topological polar surface area (TPSA) is 20.3 Å². The van der Waals surface area contributed by atoms with E-state index in [0.717, 1.165) is 37.1 Å². The van der Waals surface area contributed by atoms with Crippen LogP contribution in [0.15, 0.2) is 48.5 Å². The number of hydrogen-bond acceptors (Lipinski definition) is 2. The van der Waals surface area contributed by atoms with Crippen molar-refractivity contribution in [1.82, 2.24) is 0 Å². The summed E-state index contributed by atoms with van der Waals surface area (Å²) in [5, 5.41) is 0. The highest BCUT2D eigenvalue weighted by Crippen LogP contribution is 2.24. The Bertz CT molecular complexity index is 767. The molecule has 0 N–H and O–H groups in total. The first-order chi connectivity index (χ1) is 11.8. The van der Waals surface area contributed by atoms with Crippen molar-refractivity contribution >= 4 is 17.5 Å². The fraction of sp³-hybridized carbons (Fsp3) is 0.318. The molecule has 2 nitrogen and oxygen atoms in total. The third kappa shape index (κ3) is 3.14. The predicted molar refractivity (Wildman–Crippen MR) is 99.7 cm³/mol. The van der Waals surface area contributed by atoms with Crippen molar-refractivity contribution in [2.45, 2.75) is 32.1 Å². The van der Waals surface area contributed by atoms with Gasteiger partial charge in [0.25, 0.3) is 0 Å². The zero-order valence-electron chi connectivity index (χ0n) is 14.0. The lowest BCUT2D eigenvalue weighted by Crippen LogP contribution is -2.17. The van der Waals surface area contributed by atoms with Crippen LogP contribution >= 0.6 is 0 Å². The summed E-state index contributed by atoms with van der Waals surface area (Å²) in [6.45, 7) is 2.32. The summed E-state index contributed by atoms with van der Waals surface area (Å²) in [5.41, 5.74) is 5.93. The SMILES string of the molecule is O=C(/C=C/c1ccc(N2CCCC2)cc1)c1ccc2c(c1)CCC2. The summed E-state index contributed by atoms with van der Waals surface area (Å²) in [5.74, 6) is 0.0910. The fourth-order valence-electron chi connectivity index (χ4n) is 3.76. The van der Waals surface area contributed by atoms with E-state index in [1.165, 1.54) is 36.1 Å². The minimum Gasteiger partial charge on any atom is -0.372 e. The number of aryl methyl sites for hydroxylation is 2. The third-order valence-electron chi connectivity index (χ3n) is 5.17. The van der Waals surface area contributed by atoms with Crippen LogP contribution in [0.1, 0.15) is 46.3 Å². The third-order valence-corrected chi connectivity index (χ3v) is 5.17. The van der Waals surface area contributed by atoms with Crippen LogP contribution < -0.4 is 4.90 Å². The minimum absolute atomic E-state index is 0.0910. The summed E-state index contributed by atoms with van der Waals surface area (Å²) in [6, 6.07) is 14.7. The molecule has 2 aromatic rings. The molecule has 1 aliphatic heterocycles. The zero-order valence-corrected chi connectivity index (χ0v) is 14.0. The highest BCUT2D eigenvalue weighted by Gasteiger charge is 2.13. The molecule has 1 heterocycles. The van der Waals surface area contributed by atoms with Crippen molar-refractivity contribution in [2.75, 3.05) is 18.0 Å². The number of benzene rings is 2. The molecule has 1 saturated heterocycles. The molecule has 122 valence electrons. The highest BCUT2D eigenvalue weighted by molar-refractivity contribution is 6.07. The van der Waals surface area contributed by atoms with Crippen LogP contribution in [0.4, 0.5) is 5.69 Å². The van der Waals surface area contributed by atoms with Crippen LogP contribution in [-0.2, 0) is 12.8 Å². The van der Waals surface area contributed by atoms with Crippen LogP contribution in [0.5, 0.6) is 0 Å². The van der Waals surface area contributed by atoms with E-state index in [1.54, 1.807) is 6.08 Å². The Labute approximate surface area is 143 Å². The van der Waals surface area contributed by atoms with Gasteiger partial charge >= 0.3 is 0 Å². The van der Waals surface area contributed by atoms with Gasteiger partial charge in [-0.1, -0.05) is 30.3 Å². The van der Waals surface area contributed by atoms with Gasteiger partial charge in [-0.25, -0.2) is 0 Å². The van der Waals surface area contributed by atoms with Gasteiger partial charge in [-0.05, 0) is 73.1 Å². The van der Waals surface area contributed by atoms with Crippen molar-refractivity contribution < 1.29 is 4.79 Å². The number of allylic oxidation sites excluding steroid dienone is 1. The van der Waals surface area contributed by atoms with E-state index in [2.05, 4.69) is 41.3 Å². The molecule has 4 rings (SSSR count). The van der Waals surface area contributed by atoms with Crippen LogP contribution in [0.3, 0.4) is 0 Å². The van der Waals surface area contributed by atoms with Gasteiger partial charge in [-0.15, -0.1) is 0 Å². The lowest BCUT2D eigenvalue weighted by Gasteiger charge is -2.17. The highest BCUT2D eigenvalue weighted by atomic mass is 16.1. The van der Waals surface area contributed by atoms with Crippen molar-refractivity contribution in [3.63, 3.8) is 0 Å². The van der Waals surface area contributed by atoms with Gasteiger partial charge in [0.05, 0.1) is 0 Å². The first-order valence-electron chi connectivity index (χ1n) is 8.99. The Kier molecular flexibility index (Phi) is 4.20. The maximum absolute atomic E-state index is 12.4. The van der Waals surface area contributed by atoms with Gasteiger partial charge in [0, 0.05) is 24.3 Å². The average Bonchev–Trinajstić information content (AvgIpc) is 3.30. The molecule has 0 saturated carbocycles. The molecule has 0 aromatic heterocycles. The molecule has 2 heteroatoms. The van der Waals surface area contributed by atoms with Gasteiger partial charge in [0.1, 0.15) is 0 Å². The van der Waals surface area contributed by atoms with Crippen LogP contribution in [0.2, 0.25) is 0 Å². The smallest absolute Gasteiger partial charge is 0.185 e. The molecule has 0 amide bonds. The first kappa shape index (κ1) is 15.2.